The number of amides is 2. The lowest BCUT2D eigenvalue weighted by Gasteiger charge is -2.24. The molecule has 1 aromatic carbocycles. The summed E-state index contributed by atoms with van der Waals surface area (Å²) < 4.78 is 0. The summed E-state index contributed by atoms with van der Waals surface area (Å²) in [5, 5.41) is 11.4. The van der Waals surface area contributed by atoms with Gasteiger partial charge in [-0.2, -0.15) is 0 Å². The number of aromatic nitrogens is 1. The van der Waals surface area contributed by atoms with Gasteiger partial charge in [0.05, 0.1) is 22.2 Å². The second-order valence-electron chi connectivity index (χ2n) is 5.69. The van der Waals surface area contributed by atoms with Crippen molar-refractivity contribution in [1.29, 1.82) is 5.41 Å². The predicted octanol–water partition coefficient (Wildman–Crippen LogP) is 3.53. The van der Waals surface area contributed by atoms with Gasteiger partial charge in [-0.25, -0.2) is 9.98 Å². The van der Waals surface area contributed by atoms with E-state index in [2.05, 4.69) is 15.3 Å². The van der Waals surface area contributed by atoms with Crippen molar-refractivity contribution in [3.05, 3.63) is 58.7 Å². The lowest BCUT2D eigenvalue weighted by Crippen LogP contribution is -2.45. The maximum absolute atomic E-state index is 12.7. The van der Waals surface area contributed by atoms with Gasteiger partial charge in [-0.3, -0.25) is 19.9 Å². The number of amidine groups is 2. The van der Waals surface area contributed by atoms with Crippen LogP contribution in [0.2, 0.25) is 5.02 Å². The average Bonchev–Trinajstić information content (AvgIpc) is 2.93. The highest BCUT2D eigenvalue weighted by atomic mass is 35.5. The third-order valence-electron chi connectivity index (χ3n) is 4.01. The number of aliphatic imine (C=N–C) groups is 1. The molecule has 1 atom stereocenters. The van der Waals surface area contributed by atoms with Crippen molar-refractivity contribution >= 4 is 52.0 Å². The summed E-state index contributed by atoms with van der Waals surface area (Å²) in [4.78, 5) is 35.0. The lowest BCUT2D eigenvalue weighted by atomic mass is 10.1. The number of nitrogens with zero attached hydrogens (tertiary/aromatic N) is 3. The number of thioether (sulfide) groups is 1. The van der Waals surface area contributed by atoms with E-state index in [9.17, 15) is 9.59 Å². The molecule has 0 fully saturated rings. The molecule has 2 heterocycles. The first-order valence-electron chi connectivity index (χ1n) is 7.99. The number of hydrogen-bond acceptors (Lipinski definition) is 5. The van der Waals surface area contributed by atoms with Crippen LogP contribution < -0.4 is 5.32 Å². The van der Waals surface area contributed by atoms with Gasteiger partial charge in [0.25, 0.3) is 11.8 Å². The molecule has 7 nitrogen and oxygen atoms in total. The average molecular weight is 402 g/mol. The molecule has 0 saturated carbocycles. The Morgan fingerprint density at radius 1 is 1.22 bits per heavy atom. The molecule has 2 aromatic rings. The fourth-order valence-electron chi connectivity index (χ4n) is 2.64. The van der Waals surface area contributed by atoms with Crippen molar-refractivity contribution in [2.24, 2.45) is 4.99 Å². The lowest BCUT2D eigenvalue weighted by molar-refractivity contribution is 0.0635. The fraction of sp³-hybridized carbons (Fsp3) is 0.167. The molecule has 27 heavy (non-hydrogen) atoms. The van der Waals surface area contributed by atoms with Gasteiger partial charge in [-0.05, 0) is 37.4 Å². The van der Waals surface area contributed by atoms with Gasteiger partial charge < -0.3 is 5.32 Å². The molecular formula is C18H16ClN5O2S. The highest BCUT2D eigenvalue weighted by Gasteiger charge is 2.40. The number of benzene rings is 1. The zero-order valence-electron chi connectivity index (χ0n) is 14.6. The van der Waals surface area contributed by atoms with Crippen LogP contribution in [0.5, 0.6) is 0 Å². The van der Waals surface area contributed by atoms with Gasteiger partial charge in [-0.15, -0.1) is 0 Å². The fourth-order valence-corrected chi connectivity index (χ4v) is 2.95. The Balaban J connectivity index is 1.94. The Kier molecular flexibility index (Phi) is 5.57. The van der Waals surface area contributed by atoms with Gasteiger partial charge in [0.15, 0.2) is 5.17 Å². The van der Waals surface area contributed by atoms with Crippen LogP contribution in [0.1, 0.15) is 27.6 Å². The van der Waals surface area contributed by atoms with E-state index in [-0.39, 0.29) is 11.0 Å². The number of imide groups is 1. The van der Waals surface area contributed by atoms with Crippen LogP contribution >= 0.6 is 23.4 Å². The SMILES string of the molecule is CSC(=N)/N=C(\Nc1ccc(Cl)cn1)C(C)N1C(=O)c2ccccc2C1=O. The number of rotatable bonds is 3. The van der Waals surface area contributed by atoms with Gasteiger partial charge in [0.1, 0.15) is 11.7 Å². The second-order valence-corrected chi connectivity index (χ2v) is 6.93. The van der Waals surface area contributed by atoms with Crippen molar-refractivity contribution in [2.45, 2.75) is 13.0 Å². The van der Waals surface area contributed by atoms with Crippen molar-refractivity contribution in [2.75, 3.05) is 11.6 Å². The second kappa shape index (κ2) is 7.89. The number of nitrogens with one attached hydrogen (secondary N) is 2. The van der Waals surface area contributed by atoms with Crippen LogP contribution in [-0.2, 0) is 0 Å². The third kappa shape index (κ3) is 3.86. The molecule has 9 heteroatoms. The molecule has 0 spiro atoms. The van der Waals surface area contributed by atoms with Crippen molar-refractivity contribution in [3.8, 4) is 0 Å². The summed E-state index contributed by atoms with van der Waals surface area (Å²) in [6.45, 7) is 1.68. The summed E-state index contributed by atoms with van der Waals surface area (Å²) in [5.41, 5.74) is 0.719. The van der Waals surface area contributed by atoms with Gasteiger partial charge in [0, 0.05) is 6.20 Å². The first-order chi connectivity index (χ1) is 12.9. The van der Waals surface area contributed by atoms with E-state index in [1.54, 1.807) is 49.6 Å². The van der Waals surface area contributed by atoms with Crippen LogP contribution in [-0.4, -0.2) is 45.0 Å². The largest absolute Gasteiger partial charge is 0.327 e. The number of fused-ring (bicyclic) bond motifs is 1. The molecule has 0 radical (unpaired) electrons. The highest BCUT2D eigenvalue weighted by Crippen LogP contribution is 2.25. The van der Waals surface area contributed by atoms with Crippen LogP contribution in [0, 0.1) is 5.41 Å². The van der Waals surface area contributed by atoms with E-state index in [1.165, 1.54) is 6.20 Å². The number of hydrogen-bond donors (Lipinski definition) is 2. The minimum atomic E-state index is -0.720. The monoisotopic (exact) mass is 401 g/mol. The third-order valence-corrected chi connectivity index (χ3v) is 4.71. The topological polar surface area (TPSA) is 98.5 Å². The molecule has 1 aliphatic rings. The van der Waals surface area contributed by atoms with E-state index >= 15 is 0 Å². The summed E-state index contributed by atoms with van der Waals surface area (Å²) in [7, 11) is 0. The van der Waals surface area contributed by atoms with Crippen molar-refractivity contribution in [3.63, 3.8) is 0 Å². The normalized spacial score (nSPS) is 14.9. The first kappa shape index (κ1) is 19.1. The maximum atomic E-state index is 12.7. The molecule has 3 rings (SSSR count). The van der Waals surface area contributed by atoms with E-state index in [0.29, 0.717) is 22.0 Å². The molecule has 0 aliphatic carbocycles. The first-order valence-corrected chi connectivity index (χ1v) is 9.59. The van der Waals surface area contributed by atoms with Gasteiger partial charge >= 0.3 is 0 Å². The summed E-state index contributed by atoms with van der Waals surface area (Å²) in [6.07, 6.45) is 3.19. The standard InChI is InChI=1S/C18H16ClN5O2S/c1-10(24-16(25)12-5-3-4-6-13(12)17(24)26)15(23-18(20)27-2)22-14-8-7-11(19)9-21-14/h3-10H,1-2H3,(H2,20,21,22,23). The summed E-state index contributed by atoms with van der Waals surface area (Å²) >= 11 is 7.00. The Morgan fingerprint density at radius 3 is 2.37 bits per heavy atom. The van der Waals surface area contributed by atoms with E-state index in [0.717, 1.165) is 16.7 Å². The molecule has 1 aromatic heterocycles. The molecular weight excluding hydrogens is 386 g/mol. The van der Waals surface area contributed by atoms with Crippen LogP contribution in [0.15, 0.2) is 47.6 Å². The van der Waals surface area contributed by atoms with Crippen LogP contribution in [0.4, 0.5) is 5.82 Å². The van der Waals surface area contributed by atoms with Crippen LogP contribution in [0.25, 0.3) is 0 Å². The molecule has 2 amide bonds. The van der Waals surface area contributed by atoms with Gasteiger partial charge in [-0.1, -0.05) is 35.5 Å². The zero-order chi connectivity index (χ0) is 19.6. The minimum absolute atomic E-state index is 0.0370. The maximum Gasteiger partial charge on any atom is 0.262 e. The van der Waals surface area contributed by atoms with E-state index < -0.39 is 17.9 Å². The molecule has 0 saturated heterocycles. The van der Waals surface area contributed by atoms with Crippen LogP contribution in [0.3, 0.4) is 0 Å². The Morgan fingerprint density at radius 2 is 1.85 bits per heavy atom. The molecule has 1 aliphatic heterocycles. The molecule has 138 valence electrons. The Hall–Kier alpha value is -2.71. The molecule has 1 unspecified atom stereocenters. The van der Waals surface area contributed by atoms with E-state index in [1.807, 2.05) is 0 Å². The summed E-state index contributed by atoms with van der Waals surface area (Å²) in [5.74, 6) is -0.0797. The zero-order valence-corrected chi connectivity index (χ0v) is 16.1. The number of halogens is 1. The smallest absolute Gasteiger partial charge is 0.262 e. The summed E-state index contributed by atoms with van der Waals surface area (Å²) in [6, 6.07) is 9.26. The quantitative estimate of drug-likeness (QED) is 0.465. The van der Waals surface area contributed by atoms with Crippen molar-refractivity contribution < 1.29 is 9.59 Å². The number of pyridine rings is 1. The highest BCUT2D eigenvalue weighted by molar-refractivity contribution is 8.13. The Labute approximate surface area is 165 Å². The number of anilines is 1. The predicted molar refractivity (Wildman–Crippen MR) is 108 cm³/mol. The van der Waals surface area contributed by atoms with E-state index in [4.69, 9.17) is 17.0 Å². The molecule has 2 N–H and O–H groups in total. The molecule has 0 bridgehead atoms. The van der Waals surface area contributed by atoms with Gasteiger partial charge in [0.2, 0.25) is 0 Å². The van der Waals surface area contributed by atoms with Crippen molar-refractivity contribution in [1.82, 2.24) is 9.88 Å². The Bertz CT molecular complexity index is 910. The number of carbonyl (C=O) groups is 2. The minimum Gasteiger partial charge on any atom is -0.327 e. The number of carbonyl (C=O) groups excluding carboxylic acids is 2.